The third-order valence-corrected chi connectivity index (χ3v) is 6.69. The molecule has 30 heavy (non-hydrogen) atoms. The largest absolute Gasteiger partial charge is 0.342 e. The van der Waals surface area contributed by atoms with Crippen LogP contribution in [0, 0.1) is 11.7 Å². The molecule has 2 heterocycles. The number of piperidine rings is 1. The summed E-state index contributed by atoms with van der Waals surface area (Å²) in [6.07, 6.45) is 9.23. The standard InChI is InChI=1S/C24H32FN3OS/c1-27(24(29)11-15-30-2)23(16-19-5-7-22(25)8-6-19)21-9-13-28(14-10-21)18-20-4-3-12-26-17-20/h3-8,12,17,21,23H,9-11,13-16,18H2,1-2H3. The van der Waals surface area contributed by atoms with Crippen LogP contribution in [-0.2, 0) is 17.8 Å². The van der Waals surface area contributed by atoms with E-state index in [1.165, 1.54) is 17.7 Å². The minimum absolute atomic E-state index is 0.144. The van der Waals surface area contributed by atoms with Gasteiger partial charge in [0.05, 0.1) is 0 Å². The van der Waals surface area contributed by atoms with Crippen LogP contribution < -0.4 is 0 Å². The van der Waals surface area contributed by atoms with E-state index in [-0.39, 0.29) is 17.8 Å². The van der Waals surface area contributed by atoms with Gasteiger partial charge in [0.15, 0.2) is 0 Å². The molecule has 0 radical (unpaired) electrons. The molecule has 1 amide bonds. The van der Waals surface area contributed by atoms with Crippen LogP contribution in [0.3, 0.4) is 0 Å². The number of pyridine rings is 1. The molecular formula is C24H32FN3OS. The van der Waals surface area contributed by atoms with Crippen molar-refractivity contribution in [3.63, 3.8) is 0 Å². The highest BCUT2D eigenvalue weighted by molar-refractivity contribution is 7.98. The van der Waals surface area contributed by atoms with Crippen LogP contribution in [-0.4, -0.2) is 58.9 Å². The molecule has 1 unspecified atom stereocenters. The Kier molecular flexibility index (Phi) is 8.70. The normalized spacial score (nSPS) is 16.4. The molecule has 162 valence electrons. The van der Waals surface area contributed by atoms with Gasteiger partial charge >= 0.3 is 0 Å². The highest BCUT2D eigenvalue weighted by Gasteiger charge is 2.31. The van der Waals surface area contributed by atoms with E-state index >= 15 is 0 Å². The number of carbonyl (C=O) groups excluding carboxylic acids is 1. The van der Waals surface area contributed by atoms with Crippen LogP contribution in [0.1, 0.15) is 30.4 Å². The fourth-order valence-corrected chi connectivity index (χ4v) is 4.66. The van der Waals surface area contributed by atoms with Gasteiger partial charge in [-0.2, -0.15) is 11.8 Å². The van der Waals surface area contributed by atoms with Crippen LogP contribution >= 0.6 is 11.8 Å². The van der Waals surface area contributed by atoms with Crippen LogP contribution in [0.25, 0.3) is 0 Å². The van der Waals surface area contributed by atoms with Crippen molar-refractivity contribution >= 4 is 17.7 Å². The second-order valence-corrected chi connectivity index (χ2v) is 9.11. The molecule has 0 bridgehead atoms. The van der Waals surface area contributed by atoms with Crippen molar-refractivity contribution in [2.45, 2.75) is 38.3 Å². The summed E-state index contributed by atoms with van der Waals surface area (Å²) in [6.45, 7) is 2.96. The molecule has 6 heteroatoms. The van der Waals surface area contributed by atoms with E-state index in [9.17, 15) is 9.18 Å². The number of likely N-dealkylation sites (tertiary alicyclic amines) is 1. The Morgan fingerprint density at radius 2 is 1.97 bits per heavy atom. The van der Waals surface area contributed by atoms with E-state index in [1.54, 1.807) is 18.0 Å². The minimum Gasteiger partial charge on any atom is -0.342 e. The Morgan fingerprint density at radius 3 is 2.60 bits per heavy atom. The molecule has 0 N–H and O–H groups in total. The Bertz CT molecular complexity index is 779. The first-order valence-corrected chi connectivity index (χ1v) is 12.1. The first-order valence-electron chi connectivity index (χ1n) is 10.7. The van der Waals surface area contributed by atoms with Gasteiger partial charge in [0.1, 0.15) is 5.82 Å². The number of thioether (sulfide) groups is 1. The zero-order valence-electron chi connectivity index (χ0n) is 18.0. The molecular weight excluding hydrogens is 397 g/mol. The predicted molar refractivity (Wildman–Crippen MR) is 122 cm³/mol. The quantitative estimate of drug-likeness (QED) is 0.597. The second kappa shape index (κ2) is 11.5. The molecule has 4 nitrogen and oxygen atoms in total. The van der Waals surface area contributed by atoms with Gasteiger partial charge in [0, 0.05) is 44.2 Å². The Labute approximate surface area is 183 Å². The molecule has 0 spiro atoms. The van der Waals surface area contributed by atoms with Crippen molar-refractivity contribution in [2.24, 2.45) is 5.92 Å². The van der Waals surface area contributed by atoms with E-state index < -0.39 is 0 Å². The summed E-state index contributed by atoms with van der Waals surface area (Å²) in [6, 6.07) is 11.0. The summed E-state index contributed by atoms with van der Waals surface area (Å²) >= 11 is 1.70. The highest BCUT2D eigenvalue weighted by Crippen LogP contribution is 2.27. The SMILES string of the molecule is CSCCC(=O)N(C)C(Cc1ccc(F)cc1)C1CCN(Cc2cccnc2)CC1. The molecule has 1 saturated heterocycles. The maximum atomic E-state index is 13.4. The molecule has 0 aliphatic carbocycles. The van der Waals surface area contributed by atoms with Crippen molar-refractivity contribution in [2.75, 3.05) is 32.1 Å². The van der Waals surface area contributed by atoms with Gasteiger partial charge < -0.3 is 4.90 Å². The van der Waals surface area contributed by atoms with Gasteiger partial charge in [-0.25, -0.2) is 4.39 Å². The number of nitrogens with zero attached hydrogens (tertiary/aromatic N) is 3. The van der Waals surface area contributed by atoms with Crippen molar-refractivity contribution in [3.05, 3.63) is 65.7 Å². The zero-order valence-corrected chi connectivity index (χ0v) is 18.8. The predicted octanol–water partition coefficient (Wildman–Crippen LogP) is 4.26. The molecule has 2 aromatic rings. The van der Waals surface area contributed by atoms with Gasteiger partial charge in [-0.05, 0) is 73.9 Å². The molecule has 1 aliphatic rings. The van der Waals surface area contributed by atoms with Crippen LogP contribution in [0.15, 0.2) is 48.8 Å². The molecule has 1 aliphatic heterocycles. The average Bonchev–Trinajstić information content (AvgIpc) is 2.78. The summed E-state index contributed by atoms with van der Waals surface area (Å²) in [4.78, 5) is 21.4. The number of aromatic nitrogens is 1. The summed E-state index contributed by atoms with van der Waals surface area (Å²) in [5, 5.41) is 0. The first kappa shape index (κ1) is 22.8. The van der Waals surface area contributed by atoms with E-state index in [1.807, 2.05) is 42.6 Å². The first-order chi connectivity index (χ1) is 14.6. The van der Waals surface area contributed by atoms with E-state index in [0.29, 0.717) is 12.3 Å². The summed E-state index contributed by atoms with van der Waals surface area (Å²) in [7, 11) is 1.94. The molecule has 0 saturated carbocycles. The third-order valence-electron chi connectivity index (χ3n) is 6.07. The fourth-order valence-electron chi connectivity index (χ4n) is 4.28. The van der Waals surface area contributed by atoms with E-state index in [0.717, 1.165) is 50.2 Å². The number of halogens is 1. The van der Waals surface area contributed by atoms with E-state index in [2.05, 4.69) is 16.0 Å². The Morgan fingerprint density at radius 1 is 1.23 bits per heavy atom. The lowest BCUT2D eigenvalue weighted by molar-refractivity contribution is -0.133. The number of hydrogen-bond donors (Lipinski definition) is 0. The van der Waals surface area contributed by atoms with Crippen LogP contribution in [0.2, 0.25) is 0 Å². The van der Waals surface area contributed by atoms with Gasteiger partial charge in [-0.1, -0.05) is 18.2 Å². The third kappa shape index (κ3) is 6.54. The Hall–Kier alpha value is -1.92. The number of benzene rings is 1. The van der Waals surface area contributed by atoms with Gasteiger partial charge in [-0.15, -0.1) is 0 Å². The summed E-state index contributed by atoms with van der Waals surface area (Å²) in [5.41, 5.74) is 2.33. The van der Waals surface area contributed by atoms with Gasteiger partial charge in [-0.3, -0.25) is 14.7 Å². The van der Waals surface area contributed by atoms with Crippen LogP contribution in [0.5, 0.6) is 0 Å². The molecule has 1 atom stereocenters. The second-order valence-electron chi connectivity index (χ2n) is 8.12. The van der Waals surface area contributed by atoms with Crippen LogP contribution in [0.4, 0.5) is 4.39 Å². The van der Waals surface area contributed by atoms with Gasteiger partial charge in [0.2, 0.25) is 5.91 Å². The molecule has 1 fully saturated rings. The average molecular weight is 430 g/mol. The smallest absolute Gasteiger partial charge is 0.223 e. The lowest BCUT2D eigenvalue weighted by atomic mass is 9.84. The van der Waals surface area contributed by atoms with Crippen molar-refractivity contribution in [1.29, 1.82) is 0 Å². The lowest BCUT2D eigenvalue weighted by Crippen LogP contribution is -2.47. The fraction of sp³-hybridized carbons (Fsp3) is 0.500. The maximum absolute atomic E-state index is 13.4. The summed E-state index contributed by atoms with van der Waals surface area (Å²) < 4.78 is 13.4. The van der Waals surface area contributed by atoms with E-state index in [4.69, 9.17) is 0 Å². The molecule has 1 aromatic carbocycles. The number of rotatable bonds is 9. The lowest BCUT2D eigenvalue weighted by Gasteiger charge is -2.40. The summed E-state index contributed by atoms with van der Waals surface area (Å²) in [5.74, 6) is 1.27. The van der Waals surface area contributed by atoms with Gasteiger partial charge in [0.25, 0.3) is 0 Å². The highest BCUT2D eigenvalue weighted by atomic mass is 32.2. The number of amides is 1. The van der Waals surface area contributed by atoms with Crippen molar-refractivity contribution in [3.8, 4) is 0 Å². The maximum Gasteiger partial charge on any atom is 0.223 e. The number of carbonyl (C=O) groups is 1. The number of hydrogen-bond acceptors (Lipinski definition) is 4. The number of likely N-dealkylation sites (N-methyl/N-ethyl adjacent to an activating group) is 1. The Balaban J connectivity index is 1.65. The zero-order chi connectivity index (χ0) is 21.3. The minimum atomic E-state index is -0.219. The molecule has 1 aromatic heterocycles. The molecule has 3 rings (SSSR count). The monoisotopic (exact) mass is 429 g/mol. The topological polar surface area (TPSA) is 36.4 Å². The van der Waals surface area contributed by atoms with Crippen molar-refractivity contribution in [1.82, 2.24) is 14.8 Å². The van der Waals surface area contributed by atoms with Crippen molar-refractivity contribution < 1.29 is 9.18 Å².